The number of nitrogens with two attached hydrogens (primary N) is 1. The SMILES string of the molecule is CC(=O)N1CCC2(CCC(C(=O)N3C[C@H](F)C[C@H]3C(=O)N[C@@H](c3ccccc3)c3ccc(C(C)N)cc3)C2)CC1. The van der Waals surface area contributed by atoms with Gasteiger partial charge in [0.2, 0.25) is 17.7 Å². The molecule has 2 aliphatic heterocycles. The fourth-order valence-corrected chi connectivity index (χ4v) is 6.91. The van der Waals surface area contributed by atoms with Crippen molar-refractivity contribution < 1.29 is 18.8 Å². The molecule has 214 valence electrons. The highest BCUT2D eigenvalue weighted by Crippen LogP contribution is 2.49. The first-order chi connectivity index (χ1) is 19.2. The topological polar surface area (TPSA) is 95.7 Å². The average Bonchev–Trinajstić information content (AvgIpc) is 3.56. The van der Waals surface area contributed by atoms with E-state index in [1.54, 1.807) is 6.92 Å². The van der Waals surface area contributed by atoms with Gasteiger partial charge in [-0.1, -0.05) is 54.6 Å². The van der Waals surface area contributed by atoms with Crippen molar-refractivity contribution in [3.8, 4) is 0 Å². The van der Waals surface area contributed by atoms with Gasteiger partial charge in [0.05, 0.1) is 12.6 Å². The van der Waals surface area contributed by atoms with Crippen LogP contribution in [-0.2, 0) is 14.4 Å². The summed E-state index contributed by atoms with van der Waals surface area (Å²) in [6, 6.07) is 16.1. The van der Waals surface area contributed by atoms with Crippen molar-refractivity contribution in [1.82, 2.24) is 15.1 Å². The summed E-state index contributed by atoms with van der Waals surface area (Å²) in [5, 5.41) is 3.14. The number of rotatable bonds is 6. The Morgan fingerprint density at radius 2 is 1.60 bits per heavy atom. The molecule has 0 bridgehead atoms. The average molecular weight is 549 g/mol. The predicted octanol–water partition coefficient (Wildman–Crippen LogP) is 4.28. The van der Waals surface area contributed by atoms with Gasteiger partial charge in [0.1, 0.15) is 12.2 Å². The van der Waals surface area contributed by atoms with Crippen LogP contribution in [0, 0.1) is 11.3 Å². The zero-order valence-corrected chi connectivity index (χ0v) is 23.5. The number of nitrogens with one attached hydrogen (secondary N) is 1. The second-order valence-electron chi connectivity index (χ2n) is 12.1. The number of hydrogen-bond acceptors (Lipinski definition) is 4. The Balaban J connectivity index is 1.30. The van der Waals surface area contributed by atoms with Gasteiger partial charge in [-0.3, -0.25) is 14.4 Å². The molecule has 5 rings (SSSR count). The van der Waals surface area contributed by atoms with Crippen molar-refractivity contribution in [2.45, 2.75) is 76.7 Å². The lowest BCUT2D eigenvalue weighted by molar-refractivity contribution is -0.142. The van der Waals surface area contributed by atoms with Crippen LogP contribution in [0.4, 0.5) is 4.39 Å². The van der Waals surface area contributed by atoms with Crippen LogP contribution in [0.2, 0.25) is 0 Å². The van der Waals surface area contributed by atoms with E-state index >= 15 is 0 Å². The van der Waals surface area contributed by atoms with Crippen LogP contribution in [0.1, 0.15) is 81.1 Å². The van der Waals surface area contributed by atoms with E-state index < -0.39 is 18.3 Å². The van der Waals surface area contributed by atoms with Crippen molar-refractivity contribution in [2.75, 3.05) is 19.6 Å². The Morgan fingerprint density at radius 3 is 2.23 bits per heavy atom. The van der Waals surface area contributed by atoms with Crippen LogP contribution < -0.4 is 11.1 Å². The fourth-order valence-electron chi connectivity index (χ4n) is 6.91. The number of carbonyl (C=O) groups is 3. The van der Waals surface area contributed by atoms with E-state index in [9.17, 15) is 18.8 Å². The zero-order valence-electron chi connectivity index (χ0n) is 23.5. The number of halogens is 1. The molecule has 3 N–H and O–H groups in total. The number of amides is 3. The number of nitrogens with zero attached hydrogens (tertiary/aromatic N) is 2. The normalized spacial score (nSPS) is 25.6. The molecule has 3 fully saturated rings. The second-order valence-corrected chi connectivity index (χ2v) is 12.1. The highest BCUT2D eigenvalue weighted by Gasteiger charge is 2.48. The van der Waals surface area contributed by atoms with Crippen LogP contribution in [0.3, 0.4) is 0 Å². The summed E-state index contributed by atoms with van der Waals surface area (Å²) in [6.07, 6.45) is 3.01. The standard InChI is InChI=1S/C32H41FN4O3/c1-21(34)23-8-10-25(11-9-23)29(24-6-4-3-5-7-24)35-30(39)28-18-27(33)20-37(28)31(40)26-12-13-32(19-26)14-16-36(17-15-32)22(2)38/h3-11,21,26-29H,12-20,34H2,1-2H3,(H,35,39)/t21?,26?,27-,28+,29+/m1/s1. The van der Waals surface area contributed by atoms with Crippen molar-refractivity contribution >= 4 is 17.7 Å². The van der Waals surface area contributed by atoms with Crippen molar-refractivity contribution in [1.29, 1.82) is 0 Å². The number of carbonyl (C=O) groups excluding carboxylic acids is 3. The van der Waals surface area contributed by atoms with Crippen LogP contribution in [0.15, 0.2) is 54.6 Å². The summed E-state index contributed by atoms with van der Waals surface area (Å²) in [4.78, 5) is 42.6. The summed E-state index contributed by atoms with van der Waals surface area (Å²) >= 11 is 0. The lowest BCUT2D eigenvalue weighted by atomic mass is 9.76. The molecule has 1 spiro atoms. The van der Waals surface area contributed by atoms with Gasteiger partial charge in [0.25, 0.3) is 0 Å². The Kier molecular flexibility index (Phi) is 8.26. The van der Waals surface area contributed by atoms with Gasteiger partial charge < -0.3 is 20.9 Å². The molecule has 8 heteroatoms. The van der Waals surface area contributed by atoms with E-state index in [-0.39, 0.29) is 48.1 Å². The quantitative estimate of drug-likeness (QED) is 0.563. The number of benzene rings is 2. The molecule has 2 saturated heterocycles. The molecule has 1 saturated carbocycles. The minimum absolute atomic E-state index is 0.00808. The third-order valence-corrected chi connectivity index (χ3v) is 9.37. The highest BCUT2D eigenvalue weighted by atomic mass is 19.1. The smallest absolute Gasteiger partial charge is 0.243 e. The minimum Gasteiger partial charge on any atom is -0.343 e. The maximum Gasteiger partial charge on any atom is 0.243 e. The molecule has 2 unspecified atom stereocenters. The van der Waals surface area contributed by atoms with Crippen LogP contribution in [-0.4, -0.2) is 59.4 Å². The predicted molar refractivity (Wildman–Crippen MR) is 152 cm³/mol. The van der Waals surface area contributed by atoms with E-state index in [1.807, 2.05) is 66.4 Å². The Bertz CT molecular complexity index is 1210. The molecule has 5 atom stereocenters. The van der Waals surface area contributed by atoms with Crippen molar-refractivity contribution in [3.05, 3.63) is 71.3 Å². The van der Waals surface area contributed by atoms with Crippen molar-refractivity contribution in [3.63, 3.8) is 0 Å². The molecule has 2 aromatic rings. The largest absolute Gasteiger partial charge is 0.343 e. The van der Waals surface area contributed by atoms with Gasteiger partial charge in [0, 0.05) is 38.4 Å². The third kappa shape index (κ3) is 5.92. The first-order valence-corrected chi connectivity index (χ1v) is 14.6. The maximum absolute atomic E-state index is 14.8. The van der Waals surface area contributed by atoms with Crippen molar-refractivity contribution in [2.24, 2.45) is 17.1 Å². The van der Waals surface area contributed by atoms with E-state index in [4.69, 9.17) is 5.73 Å². The van der Waals surface area contributed by atoms with Crippen LogP contribution in [0.25, 0.3) is 0 Å². The summed E-state index contributed by atoms with van der Waals surface area (Å²) < 4.78 is 14.8. The molecule has 2 heterocycles. The van der Waals surface area contributed by atoms with Crippen LogP contribution >= 0.6 is 0 Å². The summed E-state index contributed by atoms with van der Waals surface area (Å²) in [5.41, 5.74) is 8.89. The molecule has 1 aliphatic carbocycles. The van der Waals surface area contributed by atoms with Gasteiger partial charge in [-0.25, -0.2) is 4.39 Å². The first-order valence-electron chi connectivity index (χ1n) is 14.6. The highest BCUT2D eigenvalue weighted by molar-refractivity contribution is 5.90. The molecule has 40 heavy (non-hydrogen) atoms. The van der Waals surface area contributed by atoms with Gasteiger partial charge >= 0.3 is 0 Å². The molecule has 3 amide bonds. The molecular weight excluding hydrogens is 507 g/mol. The monoisotopic (exact) mass is 548 g/mol. The van der Waals surface area contributed by atoms with E-state index in [1.165, 1.54) is 4.90 Å². The summed E-state index contributed by atoms with van der Waals surface area (Å²) in [7, 11) is 0. The second kappa shape index (κ2) is 11.7. The molecule has 0 radical (unpaired) electrons. The molecule has 3 aliphatic rings. The lowest BCUT2D eigenvalue weighted by Crippen LogP contribution is -2.48. The molecular formula is C32H41FN4O3. The zero-order chi connectivity index (χ0) is 28.4. The maximum atomic E-state index is 14.8. The van der Waals surface area contributed by atoms with Gasteiger partial charge in [-0.15, -0.1) is 0 Å². The van der Waals surface area contributed by atoms with Gasteiger partial charge in [-0.2, -0.15) is 0 Å². The fraction of sp³-hybridized carbons (Fsp3) is 0.531. The Morgan fingerprint density at radius 1 is 0.975 bits per heavy atom. The number of alkyl halides is 1. The molecule has 2 aromatic carbocycles. The summed E-state index contributed by atoms with van der Waals surface area (Å²) in [6.45, 7) is 4.93. The van der Waals surface area contributed by atoms with E-state index in [0.717, 1.165) is 61.9 Å². The minimum atomic E-state index is -1.23. The molecule has 0 aromatic heterocycles. The van der Waals surface area contributed by atoms with Gasteiger partial charge in [-0.05, 0) is 61.1 Å². The Labute approximate surface area is 236 Å². The lowest BCUT2D eigenvalue weighted by Gasteiger charge is -2.39. The number of piperidine rings is 1. The van der Waals surface area contributed by atoms with Crippen LogP contribution in [0.5, 0.6) is 0 Å². The molecule has 7 nitrogen and oxygen atoms in total. The number of hydrogen-bond donors (Lipinski definition) is 2. The van der Waals surface area contributed by atoms with E-state index in [2.05, 4.69) is 5.32 Å². The third-order valence-electron chi connectivity index (χ3n) is 9.37. The van der Waals surface area contributed by atoms with Gasteiger partial charge in [0.15, 0.2) is 0 Å². The number of likely N-dealkylation sites (tertiary alicyclic amines) is 2. The Hall–Kier alpha value is -3.26. The van der Waals surface area contributed by atoms with E-state index in [0.29, 0.717) is 0 Å². The first kappa shape index (κ1) is 28.3. The summed E-state index contributed by atoms with van der Waals surface area (Å²) in [5.74, 6) is -0.552.